The van der Waals surface area contributed by atoms with Crippen LogP contribution < -0.4 is 5.32 Å². The smallest absolute Gasteiger partial charge is 0.407 e. The molecule has 1 aliphatic heterocycles. The van der Waals surface area contributed by atoms with Crippen molar-refractivity contribution in [3.05, 3.63) is 35.9 Å². The summed E-state index contributed by atoms with van der Waals surface area (Å²) in [6.45, 7) is 2.41. The Morgan fingerprint density at radius 2 is 2.11 bits per heavy atom. The molecule has 1 saturated heterocycles. The van der Waals surface area contributed by atoms with E-state index < -0.39 is 6.09 Å². The molecular formula is C15H22N2O2. The number of piperidine rings is 1. The van der Waals surface area contributed by atoms with Crippen molar-refractivity contribution >= 4 is 6.09 Å². The van der Waals surface area contributed by atoms with Gasteiger partial charge in [0.1, 0.15) is 0 Å². The van der Waals surface area contributed by atoms with Gasteiger partial charge in [0.05, 0.1) is 0 Å². The van der Waals surface area contributed by atoms with Crippen LogP contribution in [0.1, 0.15) is 31.2 Å². The van der Waals surface area contributed by atoms with Gasteiger partial charge in [-0.2, -0.15) is 0 Å². The molecule has 0 radical (unpaired) electrons. The number of nitrogens with zero attached hydrogens (tertiary/aromatic N) is 1. The summed E-state index contributed by atoms with van der Waals surface area (Å²) < 4.78 is 0. The second kappa shape index (κ2) is 7.14. The first-order chi connectivity index (χ1) is 9.27. The summed E-state index contributed by atoms with van der Waals surface area (Å²) >= 11 is 0. The standard InChI is InChI=1S/C15H22N2O2/c18-15(19)17-11-5-4-8-14(17)9-10-16-12-13-6-2-1-3-7-13/h1-3,6-7,14,16H,4-5,8-12H2,(H,18,19)/t14-/m1/s1. The van der Waals surface area contributed by atoms with E-state index >= 15 is 0 Å². The third-order valence-corrected chi connectivity index (χ3v) is 3.70. The zero-order valence-electron chi connectivity index (χ0n) is 11.2. The van der Waals surface area contributed by atoms with Gasteiger partial charge in [-0.25, -0.2) is 4.79 Å². The molecule has 19 heavy (non-hydrogen) atoms. The molecule has 0 aromatic heterocycles. The minimum Gasteiger partial charge on any atom is -0.465 e. The van der Waals surface area contributed by atoms with E-state index in [-0.39, 0.29) is 6.04 Å². The molecule has 2 N–H and O–H groups in total. The van der Waals surface area contributed by atoms with E-state index in [9.17, 15) is 4.79 Å². The summed E-state index contributed by atoms with van der Waals surface area (Å²) in [5.74, 6) is 0. The summed E-state index contributed by atoms with van der Waals surface area (Å²) in [6, 6.07) is 10.5. The molecule has 4 heteroatoms. The Morgan fingerprint density at radius 3 is 2.84 bits per heavy atom. The van der Waals surface area contributed by atoms with Crippen molar-refractivity contribution in [3.8, 4) is 0 Å². The largest absolute Gasteiger partial charge is 0.465 e. The second-order valence-corrected chi connectivity index (χ2v) is 5.08. The molecule has 1 amide bonds. The Hall–Kier alpha value is -1.55. The van der Waals surface area contributed by atoms with Gasteiger partial charge in [0.15, 0.2) is 0 Å². The summed E-state index contributed by atoms with van der Waals surface area (Å²) in [7, 11) is 0. The third-order valence-electron chi connectivity index (χ3n) is 3.70. The zero-order chi connectivity index (χ0) is 13.5. The number of hydrogen-bond donors (Lipinski definition) is 2. The fourth-order valence-corrected chi connectivity index (χ4v) is 2.65. The molecule has 1 aliphatic rings. The van der Waals surface area contributed by atoms with Gasteiger partial charge in [0.2, 0.25) is 0 Å². The molecular weight excluding hydrogens is 240 g/mol. The van der Waals surface area contributed by atoms with Crippen LogP contribution in [0.2, 0.25) is 0 Å². The first kappa shape index (κ1) is 13.9. The number of amides is 1. The van der Waals surface area contributed by atoms with Gasteiger partial charge in [0, 0.05) is 19.1 Å². The maximum atomic E-state index is 11.1. The van der Waals surface area contributed by atoms with Crippen LogP contribution in [0.3, 0.4) is 0 Å². The van der Waals surface area contributed by atoms with Crippen LogP contribution >= 0.6 is 0 Å². The number of nitrogens with one attached hydrogen (secondary N) is 1. The molecule has 2 rings (SSSR count). The van der Waals surface area contributed by atoms with Crippen LogP contribution in [0.15, 0.2) is 30.3 Å². The van der Waals surface area contributed by atoms with Gasteiger partial charge >= 0.3 is 6.09 Å². The van der Waals surface area contributed by atoms with Crippen molar-refractivity contribution in [1.82, 2.24) is 10.2 Å². The molecule has 0 unspecified atom stereocenters. The van der Waals surface area contributed by atoms with Crippen LogP contribution in [0, 0.1) is 0 Å². The average molecular weight is 262 g/mol. The number of benzene rings is 1. The predicted molar refractivity (Wildman–Crippen MR) is 75.1 cm³/mol. The number of rotatable bonds is 5. The maximum absolute atomic E-state index is 11.1. The van der Waals surface area contributed by atoms with Crippen LogP contribution in [0.4, 0.5) is 4.79 Å². The highest BCUT2D eigenvalue weighted by atomic mass is 16.4. The summed E-state index contributed by atoms with van der Waals surface area (Å²) in [5.41, 5.74) is 1.27. The number of hydrogen-bond acceptors (Lipinski definition) is 2. The number of carboxylic acid groups (broad SMARTS) is 1. The van der Waals surface area contributed by atoms with Crippen LogP contribution in [-0.4, -0.2) is 35.2 Å². The maximum Gasteiger partial charge on any atom is 0.407 e. The van der Waals surface area contributed by atoms with Gasteiger partial charge < -0.3 is 15.3 Å². The van der Waals surface area contributed by atoms with Crippen molar-refractivity contribution in [1.29, 1.82) is 0 Å². The van der Waals surface area contributed by atoms with E-state index in [0.29, 0.717) is 6.54 Å². The molecule has 0 saturated carbocycles. The molecule has 4 nitrogen and oxygen atoms in total. The third kappa shape index (κ3) is 4.24. The molecule has 1 atom stereocenters. The predicted octanol–water partition coefficient (Wildman–Crippen LogP) is 2.70. The zero-order valence-corrected chi connectivity index (χ0v) is 11.2. The number of likely N-dealkylation sites (tertiary alicyclic amines) is 1. The first-order valence-electron chi connectivity index (χ1n) is 7.01. The quantitative estimate of drug-likeness (QED) is 0.802. The molecule has 0 spiro atoms. The van der Waals surface area contributed by atoms with Crippen molar-refractivity contribution in [2.75, 3.05) is 13.1 Å². The molecule has 104 valence electrons. The van der Waals surface area contributed by atoms with Crippen LogP contribution in [0.5, 0.6) is 0 Å². The molecule has 1 fully saturated rings. The minimum atomic E-state index is -0.771. The fourth-order valence-electron chi connectivity index (χ4n) is 2.65. The van der Waals surface area contributed by atoms with Crippen molar-refractivity contribution < 1.29 is 9.90 Å². The Morgan fingerprint density at radius 1 is 1.32 bits per heavy atom. The Balaban J connectivity index is 1.71. The summed E-state index contributed by atoms with van der Waals surface area (Å²) in [5, 5.41) is 12.5. The molecule has 0 bridgehead atoms. The van der Waals surface area contributed by atoms with Gasteiger partial charge in [-0.05, 0) is 37.8 Å². The van der Waals surface area contributed by atoms with E-state index in [4.69, 9.17) is 5.11 Å². The van der Waals surface area contributed by atoms with E-state index in [1.165, 1.54) is 5.56 Å². The lowest BCUT2D eigenvalue weighted by atomic mass is 10.00. The van der Waals surface area contributed by atoms with Crippen LogP contribution in [-0.2, 0) is 6.54 Å². The van der Waals surface area contributed by atoms with Gasteiger partial charge in [0.25, 0.3) is 0 Å². The fraction of sp³-hybridized carbons (Fsp3) is 0.533. The van der Waals surface area contributed by atoms with Crippen molar-refractivity contribution in [2.45, 2.75) is 38.3 Å². The SMILES string of the molecule is O=C(O)N1CCCC[C@@H]1CCNCc1ccccc1. The Labute approximate surface area is 114 Å². The van der Waals surface area contributed by atoms with E-state index in [1.54, 1.807) is 4.90 Å². The molecule has 1 aromatic carbocycles. The minimum absolute atomic E-state index is 0.189. The lowest BCUT2D eigenvalue weighted by Crippen LogP contribution is -2.44. The first-order valence-corrected chi connectivity index (χ1v) is 7.01. The lowest BCUT2D eigenvalue weighted by molar-refractivity contribution is 0.103. The van der Waals surface area contributed by atoms with E-state index in [0.717, 1.165) is 38.8 Å². The van der Waals surface area contributed by atoms with E-state index in [2.05, 4.69) is 17.4 Å². The molecule has 0 aliphatic carbocycles. The monoisotopic (exact) mass is 262 g/mol. The Bertz CT molecular complexity index is 394. The summed E-state index contributed by atoms with van der Waals surface area (Å²) in [4.78, 5) is 12.7. The van der Waals surface area contributed by atoms with Crippen LogP contribution in [0.25, 0.3) is 0 Å². The highest BCUT2D eigenvalue weighted by molar-refractivity contribution is 5.65. The van der Waals surface area contributed by atoms with E-state index in [1.807, 2.05) is 18.2 Å². The van der Waals surface area contributed by atoms with Crippen molar-refractivity contribution in [3.63, 3.8) is 0 Å². The lowest BCUT2D eigenvalue weighted by Gasteiger charge is -2.33. The Kier molecular flexibility index (Phi) is 5.21. The van der Waals surface area contributed by atoms with Gasteiger partial charge in [-0.1, -0.05) is 30.3 Å². The highest BCUT2D eigenvalue weighted by Gasteiger charge is 2.25. The van der Waals surface area contributed by atoms with Gasteiger partial charge in [-0.15, -0.1) is 0 Å². The number of carbonyl (C=O) groups is 1. The molecule has 1 aromatic rings. The van der Waals surface area contributed by atoms with Gasteiger partial charge in [-0.3, -0.25) is 0 Å². The normalized spacial score (nSPS) is 19.4. The molecule has 1 heterocycles. The van der Waals surface area contributed by atoms with Crippen molar-refractivity contribution in [2.24, 2.45) is 0 Å². The summed E-state index contributed by atoms with van der Waals surface area (Å²) in [6.07, 6.45) is 3.28. The topological polar surface area (TPSA) is 52.6 Å². The average Bonchev–Trinajstić information content (AvgIpc) is 2.45. The second-order valence-electron chi connectivity index (χ2n) is 5.08. The highest BCUT2D eigenvalue weighted by Crippen LogP contribution is 2.19.